The zero-order valence-electron chi connectivity index (χ0n) is 14.8. The summed E-state index contributed by atoms with van der Waals surface area (Å²) in [7, 11) is 0. The Morgan fingerprint density at radius 1 is 1.24 bits per heavy atom. The lowest BCUT2D eigenvalue weighted by molar-refractivity contribution is -0.0672. The molecule has 1 aromatic carbocycles. The normalized spacial score (nSPS) is 21.2. The number of ether oxygens (including phenoxy) is 1. The van der Waals surface area contributed by atoms with Gasteiger partial charge in [-0.2, -0.15) is 5.10 Å². The van der Waals surface area contributed by atoms with Gasteiger partial charge in [-0.15, -0.1) is 0 Å². The molecule has 0 aliphatic carbocycles. The van der Waals surface area contributed by atoms with E-state index in [2.05, 4.69) is 34.1 Å². The van der Waals surface area contributed by atoms with E-state index in [0.717, 1.165) is 25.2 Å². The van der Waals surface area contributed by atoms with Crippen LogP contribution in [0.15, 0.2) is 36.9 Å². The summed E-state index contributed by atoms with van der Waals surface area (Å²) in [6, 6.07) is 7.59. The van der Waals surface area contributed by atoms with Gasteiger partial charge in [0.1, 0.15) is 12.7 Å². The molecule has 0 unspecified atom stereocenters. The van der Waals surface area contributed by atoms with E-state index in [9.17, 15) is 4.79 Å². The molecule has 2 aromatic rings. The van der Waals surface area contributed by atoms with Gasteiger partial charge in [0.05, 0.1) is 18.8 Å². The molecule has 0 bridgehead atoms. The Hall–Kier alpha value is -2.25. The predicted octanol–water partition coefficient (Wildman–Crippen LogP) is 1.17. The molecule has 1 amide bonds. The first-order valence-electron chi connectivity index (χ1n) is 8.67. The van der Waals surface area contributed by atoms with Crippen LogP contribution in [0.1, 0.15) is 29.8 Å². The standard InChI is InChI=1S/C18H25N5O2/c1-14-9-22(10-15(2)25-14)8-7-20-18(24)17-5-3-16(4-6-17)11-23-13-19-12-21-23/h3-6,12-15H,7-11H2,1-2H3,(H,20,24)/t14-,15-/m0/s1. The Balaban J connectivity index is 1.45. The van der Waals surface area contributed by atoms with Crippen LogP contribution >= 0.6 is 0 Å². The van der Waals surface area contributed by atoms with Gasteiger partial charge in [0, 0.05) is 31.7 Å². The Bertz CT molecular complexity index is 661. The second-order valence-corrected chi connectivity index (χ2v) is 6.56. The van der Waals surface area contributed by atoms with Gasteiger partial charge in [-0.1, -0.05) is 12.1 Å². The third-order valence-electron chi connectivity index (χ3n) is 4.24. The highest BCUT2D eigenvalue weighted by Gasteiger charge is 2.21. The fourth-order valence-corrected chi connectivity index (χ4v) is 3.16. The molecule has 2 atom stereocenters. The third-order valence-corrected chi connectivity index (χ3v) is 4.24. The van der Waals surface area contributed by atoms with Gasteiger partial charge in [-0.3, -0.25) is 9.69 Å². The van der Waals surface area contributed by atoms with E-state index in [4.69, 9.17) is 4.74 Å². The highest BCUT2D eigenvalue weighted by atomic mass is 16.5. The minimum Gasteiger partial charge on any atom is -0.373 e. The van der Waals surface area contributed by atoms with Gasteiger partial charge in [0.25, 0.3) is 5.91 Å². The van der Waals surface area contributed by atoms with Crippen LogP contribution < -0.4 is 5.32 Å². The van der Waals surface area contributed by atoms with Crippen molar-refractivity contribution in [3.05, 3.63) is 48.0 Å². The minimum absolute atomic E-state index is 0.0401. The lowest BCUT2D eigenvalue weighted by Crippen LogP contribution is -2.47. The number of amides is 1. The zero-order valence-corrected chi connectivity index (χ0v) is 14.8. The second kappa shape index (κ2) is 8.22. The van der Waals surface area contributed by atoms with Crippen LogP contribution in [0.3, 0.4) is 0 Å². The summed E-state index contributed by atoms with van der Waals surface area (Å²) in [5.41, 5.74) is 1.75. The number of benzene rings is 1. The van der Waals surface area contributed by atoms with Crippen LogP contribution in [0.2, 0.25) is 0 Å². The van der Waals surface area contributed by atoms with Crippen LogP contribution in [-0.2, 0) is 11.3 Å². The molecule has 1 aliphatic heterocycles. The molecular weight excluding hydrogens is 318 g/mol. The molecule has 7 nitrogen and oxygen atoms in total. The molecule has 1 aromatic heterocycles. The summed E-state index contributed by atoms with van der Waals surface area (Å²) in [4.78, 5) is 18.5. The van der Waals surface area contributed by atoms with Crippen molar-refractivity contribution in [1.29, 1.82) is 0 Å². The average molecular weight is 343 g/mol. The summed E-state index contributed by atoms with van der Waals surface area (Å²) in [6.07, 6.45) is 3.68. The third kappa shape index (κ3) is 5.11. The molecule has 1 aliphatic rings. The summed E-state index contributed by atoms with van der Waals surface area (Å²) in [5, 5.41) is 7.07. The number of hydrogen-bond donors (Lipinski definition) is 1. The molecular formula is C18H25N5O2. The maximum absolute atomic E-state index is 12.3. The van der Waals surface area contributed by atoms with E-state index in [0.29, 0.717) is 18.7 Å². The number of carbonyl (C=O) groups excluding carboxylic acids is 1. The number of hydrogen-bond acceptors (Lipinski definition) is 5. The Labute approximate surface area is 148 Å². The van der Waals surface area contributed by atoms with Crippen LogP contribution in [0, 0.1) is 0 Å². The molecule has 0 radical (unpaired) electrons. The number of nitrogens with zero attached hydrogens (tertiary/aromatic N) is 4. The lowest BCUT2D eigenvalue weighted by atomic mass is 10.1. The van der Waals surface area contributed by atoms with Crippen LogP contribution in [0.4, 0.5) is 0 Å². The molecule has 1 saturated heterocycles. The maximum atomic E-state index is 12.3. The topological polar surface area (TPSA) is 72.3 Å². The molecule has 25 heavy (non-hydrogen) atoms. The van der Waals surface area contributed by atoms with Gasteiger partial charge in [-0.05, 0) is 31.5 Å². The minimum atomic E-state index is -0.0401. The van der Waals surface area contributed by atoms with E-state index in [1.807, 2.05) is 24.3 Å². The fraction of sp³-hybridized carbons (Fsp3) is 0.500. The number of carbonyl (C=O) groups is 1. The molecule has 134 valence electrons. The number of aromatic nitrogens is 3. The Morgan fingerprint density at radius 2 is 1.96 bits per heavy atom. The Morgan fingerprint density at radius 3 is 2.60 bits per heavy atom. The number of morpholine rings is 1. The first-order valence-corrected chi connectivity index (χ1v) is 8.67. The van der Waals surface area contributed by atoms with E-state index in [1.165, 1.54) is 6.33 Å². The number of rotatable bonds is 6. The monoisotopic (exact) mass is 343 g/mol. The van der Waals surface area contributed by atoms with Crippen LogP contribution in [-0.4, -0.2) is 64.0 Å². The molecule has 0 saturated carbocycles. The Kier molecular flexibility index (Phi) is 5.78. The van der Waals surface area contributed by atoms with Crippen molar-refractivity contribution in [1.82, 2.24) is 25.0 Å². The largest absolute Gasteiger partial charge is 0.373 e. The van der Waals surface area contributed by atoms with Gasteiger partial charge >= 0.3 is 0 Å². The smallest absolute Gasteiger partial charge is 0.251 e. The number of nitrogens with one attached hydrogen (secondary N) is 1. The van der Waals surface area contributed by atoms with Crippen LogP contribution in [0.5, 0.6) is 0 Å². The second-order valence-electron chi connectivity index (χ2n) is 6.56. The quantitative estimate of drug-likeness (QED) is 0.852. The van der Waals surface area contributed by atoms with Crippen molar-refractivity contribution < 1.29 is 9.53 Å². The predicted molar refractivity (Wildman–Crippen MR) is 94.3 cm³/mol. The zero-order chi connectivity index (χ0) is 17.6. The summed E-state index contributed by atoms with van der Waals surface area (Å²) in [6.45, 7) is 8.13. The molecule has 1 fully saturated rings. The molecule has 1 N–H and O–H groups in total. The van der Waals surface area contributed by atoms with Crippen molar-refractivity contribution in [3.63, 3.8) is 0 Å². The van der Waals surface area contributed by atoms with E-state index >= 15 is 0 Å². The van der Waals surface area contributed by atoms with Crippen molar-refractivity contribution in [3.8, 4) is 0 Å². The van der Waals surface area contributed by atoms with Crippen molar-refractivity contribution in [2.75, 3.05) is 26.2 Å². The van der Waals surface area contributed by atoms with Crippen molar-refractivity contribution >= 4 is 5.91 Å². The van der Waals surface area contributed by atoms with Gasteiger partial charge < -0.3 is 10.1 Å². The van der Waals surface area contributed by atoms with Crippen LogP contribution in [0.25, 0.3) is 0 Å². The lowest BCUT2D eigenvalue weighted by Gasteiger charge is -2.35. The summed E-state index contributed by atoms with van der Waals surface area (Å²) in [5.74, 6) is -0.0401. The highest BCUT2D eigenvalue weighted by molar-refractivity contribution is 5.94. The fourth-order valence-electron chi connectivity index (χ4n) is 3.16. The summed E-state index contributed by atoms with van der Waals surface area (Å²) < 4.78 is 7.47. The highest BCUT2D eigenvalue weighted by Crippen LogP contribution is 2.10. The van der Waals surface area contributed by atoms with Gasteiger partial charge in [-0.25, -0.2) is 9.67 Å². The van der Waals surface area contributed by atoms with E-state index in [1.54, 1.807) is 11.0 Å². The SMILES string of the molecule is C[C@H]1CN(CCNC(=O)c2ccc(Cn3cncn3)cc2)C[C@H](C)O1. The summed E-state index contributed by atoms with van der Waals surface area (Å²) >= 11 is 0. The van der Waals surface area contributed by atoms with Gasteiger partial charge in [0.15, 0.2) is 0 Å². The first kappa shape index (κ1) is 17.6. The molecule has 7 heteroatoms. The average Bonchev–Trinajstić information content (AvgIpc) is 3.07. The van der Waals surface area contributed by atoms with Gasteiger partial charge in [0.2, 0.25) is 0 Å². The molecule has 3 rings (SSSR count). The first-order chi connectivity index (χ1) is 12.1. The molecule has 2 heterocycles. The van der Waals surface area contributed by atoms with E-state index in [-0.39, 0.29) is 18.1 Å². The van der Waals surface area contributed by atoms with Crippen molar-refractivity contribution in [2.24, 2.45) is 0 Å². The molecule has 0 spiro atoms. The van der Waals surface area contributed by atoms with E-state index < -0.39 is 0 Å². The van der Waals surface area contributed by atoms with Crippen molar-refractivity contribution in [2.45, 2.75) is 32.6 Å². The maximum Gasteiger partial charge on any atom is 0.251 e.